The van der Waals surface area contributed by atoms with Crippen LogP contribution >= 0.6 is 0 Å². The third-order valence-corrected chi connectivity index (χ3v) is 2.58. The quantitative estimate of drug-likeness (QED) is 0.765. The minimum Gasteiger partial charge on any atom is -0.306 e. The second-order valence-corrected chi connectivity index (χ2v) is 4.07. The normalized spacial score (nSPS) is 18.1. The van der Waals surface area contributed by atoms with E-state index in [0.717, 1.165) is 31.0 Å². The van der Waals surface area contributed by atoms with Gasteiger partial charge in [0.25, 0.3) is 0 Å². The van der Waals surface area contributed by atoms with Crippen LogP contribution in [0.25, 0.3) is 0 Å². The highest BCUT2D eigenvalue weighted by Crippen LogP contribution is 2.05. The summed E-state index contributed by atoms with van der Waals surface area (Å²) in [5.41, 5.74) is 2.23. The number of nitrogens with one attached hydrogen (secondary N) is 1. The van der Waals surface area contributed by atoms with E-state index in [9.17, 15) is 0 Å². The molecule has 2 rings (SSSR count). The van der Waals surface area contributed by atoms with E-state index in [1.165, 1.54) is 0 Å². The van der Waals surface area contributed by atoms with E-state index >= 15 is 0 Å². The van der Waals surface area contributed by atoms with E-state index in [-0.39, 0.29) is 0 Å². The van der Waals surface area contributed by atoms with Crippen LogP contribution in [0.3, 0.4) is 0 Å². The van der Waals surface area contributed by atoms with Gasteiger partial charge in [0.1, 0.15) is 0 Å². The molecule has 0 amide bonds. The Morgan fingerprint density at radius 3 is 2.93 bits per heavy atom. The van der Waals surface area contributed by atoms with Crippen molar-refractivity contribution in [2.75, 3.05) is 20.1 Å². The van der Waals surface area contributed by atoms with Crippen molar-refractivity contribution in [1.29, 1.82) is 0 Å². The molecule has 1 aliphatic heterocycles. The fourth-order valence-electron chi connectivity index (χ4n) is 1.77. The van der Waals surface area contributed by atoms with E-state index in [2.05, 4.69) is 34.4 Å². The van der Waals surface area contributed by atoms with Gasteiger partial charge >= 0.3 is 0 Å². The molecule has 1 N–H and O–H groups in total. The lowest BCUT2D eigenvalue weighted by molar-refractivity contribution is 0.160. The van der Waals surface area contributed by atoms with E-state index < -0.39 is 0 Å². The number of rotatable bonds is 3. The van der Waals surface area contributed by atoms with Gasteiger partial charge in [0.15, 0.2) is 0 Å². The summed E-state index contributed by atoms with van der Waals surface area (Å²) >= 11 is 0. The number of likely N-dealkylation sites (N-methyl/N-ethyl adjacent to an activating group) is 1. The van der Waals surface area contributed by atoms with Gasteiger partial charge in [-0.1, -0.05) is 6.07 Å². The smallest absolute Gasteiger partial charge is 0.0544 e. The zero-order valence-electron chi connectivity index (χ0n) is 8.83. The molecule has 0 radical (unpaired) electrons. The maximum atomic E-state index is 4.45. The van der Waals surface area contributed by atoms with Gasteiger partial charge in [-0.2, -0.15) is 0 Å². The number of aryl methyl sites for hydroxylation is 1. The molecule has 0 aromatic carbocycles. The first kappa shape index (κ1) is 9.62. The van der Waals surface area contributed by atoms with Crippen LogP contribution in [0.5, 0.6) is 0 Å². The summed E-state index contributed by atoms with van der Waals surface area (Å²) in [4.78, 5) is 6.75. The van der Waals surface area contributed by atoms with E-state index in [0.29, 0.717) is 6.04 Å². The second kappa shape index (κ2) is 4.07. The summed E-state index contributed by atoms with van der Waals surface area (Å²) in [6.07, 6.45) is 0. The standard InChI is InChI=1S/C11H17N3/c1-9-4-3-5-10(13-9)6-12-11-7-14(2)8-11/h3-5,11-12H,6-8H2,1-2H3. The Morgan fingerprint density at radius 2 is 2.29 bits per heavy atom. The Morgan fingerprint density at radius 1 is 1.50 bits per heavy atom. The van der Waals surface area contributed by atoms with Crippen molar-refractivity contribution in [3.63, 3.8) is 0 Å². The molecule has 1 aromatic rings. The van der Waals surface area contributed by atoms with Crippen LogP contribution in [-0.4, -0.2) is 36.1 Å². The average Bonchev–Trinajstić information content (AvgIpc) is 2.11. The summed E-state index contributed by atoms with van der Waals surface area (Å²) in [5.74, 6) is 0. The summed E-state index contributed by atoms with van der Waals surface area (Å²) in [7, 11) is 2.14. The Balaban J connectivity index is 1.80. The first-order chi connectivity index (χ1) is 6.74. The van der Waals surface area contributed by atoms with E-state index in [1.54, 1.807) is 0 Å². The van der Waals surface area contributed by atoms with Gasteiger partial charge in [-0.15, -0.1) is 0 Å². The van der Waals surface area contributed by atoms with Crippen LogP contribution < -0.4 is 5.32 Å². The van der Waals surface area contributed by atoms with Gasteiger partial charge in [-0.3, -0.25) is 4.98 Å². The Bertz CT molecular complexity index is 305. The largest absolute Gasteiger partial charge is 0.306 e. The summed E-state index contributed by atoms with van der Waals surface area (Å²) in [6, 6.07) is 6.82. The maximum absolute atomic E-state index is 4.45. The maximum Gasteiger partial charge on any atom is 0.0544 e. The molecule has 0 bridgehead atoms. The van der Waals surface area contributed by atoms with Crippen LogP contribution in [0.4, 0.5) is 0 Å². The highest BCUT2D eigenvalue weighted by Gasteiger charge is 2.21. The highest BCUT2D eigenvalue weighted by atomic mass is 15.2. The molecule has 0 saturated carbocycles. The number of pyridine rings is 1. The van der Waals surface area contributed by atoms with E-state index in [1.807, 2.05) is 13.0 Å². The van der Waals surface area contributed by atoms with Crippen LogP contribution in [-0.2, 0) is 6.54 Å². The predicted molar refractivity (Wildman–Crippen MR) is 57.1 cm³/mol. The molecule has 1 saturated heterocycles. The molecule has 0 unspecified atom stereocenters. The Hall–Kier alpha value is -0.930. The van der Waals surface area contributed by atoms with Crippen molar-refractivity contribution in [3.8, 4) is 0 Å². The minimum atomic E-state index is 0.655. The molecule has 14 heavy (non-hydrogen) atoms. The van der Waals surface area contributed by atoms with Crippen LogP contribution in [0, 0.1) is 6.92 Å². The van der Waals surface area contributed by atoms with Crippen molar-refractivity contribution >= 4 is 0 Å². The molecule has 2 heterocycles. The van der Waals surface area contributed by atoms with Crippen LogP contribution in [0.15, 0.2) is 18.2 Å². The van der Waals surface area contributed by atoms with Gasteiger partial charge in [0.2, 0.25) is 0 Å². The molecule has 1 aliphatic rings. The van der Waals surface area contributed by atoms with Gasteiger partial charge in [0, 0.05) is 31.4 Å². The molecule has 0 spiro atoms. The molecule has 0 aliphatic carbocycles. The summed E-state index contributed by atoms with van der Waals surface area (Å²) in [5, 5.41) is 3.49. The Kier molecular flexibility index (Phi) is 2.79. The fraction of sp³-hybridized carbons (Fsp3) is 0.545. The first-order valence-electron chi connectivity index (χ1n) is 5.08. The number of aromatic nitrogens is 1. The SMILES string of the molecule is Cc1cccc(CNC2CN(C)C2)n1. The lowest BCUT2D eigenvalue weighted by atomic mass is 10.1. The summed E-state index contributed by atoms with van der Waals surface area (Å²) in [6.45, 7) is 5.23. The number of hydrogen-bond donors (Lipinski definition) is 1. The van der Waals surface area contributed by atoms with Crippen molar-refractivity contribution in [2.24, 2.45) is 0 Å². The fourth-order valence-corrected chi connectivity index (χ4v) is 1.77. The molecule has 1 aromatic heterocycles. The highest BCUT2D eigenvalue weighted by molar-refractivity contribution is 5.09. The van der Waals surface area contributed by atoms with Crippen LogP contribution in [0.2, 0.25) is 0 Å². The molecule has 3 heteroatoms. The molecular formula is C11H17N3. The zero-order valence-corrected chi connectivity index (χ0v) is 8.83. The number of nitrogens with zero attached hydrogens (tertiary/aromatic N) is 2. The number of hydrogen-bond acceptors (Lipinski definition) is 3. The minimum absolute atomic E-state index is 0.655. The molecular weight excluding hydrogens is 174 g/mol. The molecule has 1 fully saturated rings. The summed E-state index contributed by atoms with van der Waals surface area (Å²) < 4.78 is 0. The van der Waals surface area contributed by atoms with Crippen molar-refractivity contribution < 1.29 is 0 Å². The molecule has 3 nitrogen and oxygen atoms in total. The van der Waals surface area contributed by atoms with Crippen molar-refractivity contribution in [3.05, 3.63) is 29.6 Å². The lowest BCUT2D eigenvalue weighted by Crippen LogP contribution is -2.55. The van der Waals surface area contributed by atoms with Crippen LogP contribution in [0.1, 0.15) is 11.4 Å². The van der Waals surface area contributed by atoms with Gasteiger partial charge in [0.05, 0.1) is 5.69 Å². The Labute approximate surface area is 85.1 Å². The van der Waals surface area contributed by atoms with Crippen molar-refractivity contribution in [2.45, 2.75) is 19.5 Å². The monoisotopic (exact) mass is 191 g/mol. The predicted octanol–water partition coefficient (Wildman–Crippen LogP) is 0.794. The van der Waals surface area contributed by atoms with Gasteiger partial charge < -0.3 is 10.2 Å². The molecule has 76 valence electrons. The topological polar surface area (TPSA) is 28.2 Å². The zero-order chi connectivity index (χ0) is 9.97. The first-order valence-corrected chi connectivity index (χ1v) is 5.08. The van der Waals surface area contributed by atoms with Gasteiger partial charge in [-0.05, 0) is 26.1 Å². The average molecular weight is 191 g/mol. The molecule has 0 atom stereocenters. The third-order valence-electron chi connectivity index (χ3n) is 2.58. The van der Waals surface area contributed by atoms with Gasteiger partial charge in [-0.25, -0.2) is 0 Å². The second-order valence-electron chi connectivity index (χ2n) is 4.07. The number of likely N-dealkylation sites (tertiary alicyclic amines) is 1. The van der Waals surface area contributed by atoms with Crippen molar-refractivity contribution in [1.82, 2.24) is 15.2 Å². The van der Waals surface area contributed by atoms with E-state index in [4.69, 9.17) is 0 Å². The third kappa shape index (κ3) is 2.30. The lowest BCUT2D eigenvalue weighted by Gasteiger charge is -2.36.